The molecule has 88 valence electrons. The third-order valence-corrected chi connectivity index (χ3v) is 2.75. The molecule has 2 N–H and O–H groups in total. The van der Waals surface area contributed by atoms with Gasteiger partial charge in [0.2, 0.25) is 0 Å². The van der Waals surface area contributed by atoms with Gasteiger partial charge in [-0.2, -0.15) is 0 Å². The van der Waals surface area contributed by atoms with Crippen molar-refractivity contribution in [2.24, 2.45) is 0 Å². The number of rotatable bonds is 6. The molecule has 5 nitrogen and oxygen atoms in total. The third kappa shape index (κ3) is 4.48. The summed E-state index contributed by atoms with van der Waals surface area (Å²) in [5.41, 5.74) is 5.58. The first kappa shape index (κ1) is 12.8. The Morgan fingerprint density at radius 2 is 2.25 bits per heavy atom. The molecule has 1 aromatic heterocycles. The largest absolute Gasteiger partial charge is 0.465 e. The highest BCUT2D eigenvalue weighted by Gasteiger charge is 2.07. The van der Waals surface area contributed by atoms with E-state index in [-0.39, 0.29) is 11.7 Å². The number of nitrogen functional groups attached to an aromatic ring is 1. The number of hydrogen-bond donors (Lipinski definition) is 1. The van der Waals surface area contributed by atoms with Crippen LogP contribution in [0.25, 0.3) is 0 Å². The van der Waals surface area contributed by atoms with Crippen molar-refractivity contribution in [1.29, 1.82) is 0 Å². The molecule has 0 radical (unpaired) electrons. The highest BCUT2D eigenvalue weighted by atomic mass is 32.2. The monoisotopic (exact) mass is 241 g/mol. The highest BCUT2D eigenvalue weighted by Crippen LogP contribution is 2.19. The van der Waals surface area contributed by atoms with Gasteiger partial charge in [0, 0.05) is 12.4 Å². The Kier molecular flexibility index (Phi) is 5.63. The Labute approximate surface area is 98.8 Å². The van der Waals surface area contributed by atoms with E-state index in [0.717, 1.165) is 12.8 Å². The second-order valence-electron chi connectivity index (χ2n) is 3.11. The summed E-state index contributed by atoms with van der Waals surface area (Å²) < 4.78 is 5.00. The van der Waals surface area contributed by atoms with Gasteiger partial charge in [0.1, 0.15) is 5.03 Å². The summed E-state index contributed by atoms with van der Waals surface area (Å²) in [5, 5.41) is 0.565. The normalized spacial score (nSPS) is 10.1. The summed E-state index contributed by atoms with van der Waals surface area (Å²) in [6.07, 6.45) is 4.96. The molecule has 0 spiro atoms. The quantitative estimate of drug-likeness (QED) is 0.462. The number of carbonyl (C=O) groups excluding carboxylic acids is 1. The predicted octanol–water partition coefficient (Wildman–Crippen LogP) is 1.49. The number of carbonyl (C=O) groups is 1. The molecule has 6 heteroatoms. The molecule has 0 atom stereocenters. The van der Waals surface area contributed by atoms with Gasteiger partial charge in [0.25, 0.3) is 0 Å². The van der Waals surface area contributed by atoms with Gasteiger partial charge in [0.15, 0.2) is 5.82 Å². The SMILES string of the molecule is CCCCOC(=O)CSc1nccnc1N. The topological polar surface area (TPSA) is 78.1 Å². The van der Waals surface area contributed by atoms with Crippen molar-refractivity contribution in [3.63, 3.8) is 0 Å². The van der Waals surface area contributed by atoms with E-state index in [1.165, 1.54) is 18.0 Å². The number of hydrogen-bond acceptors (Lipinski definition) is 6. The molecule has 0 aliphatic rings. The lowest BCUT2D eigenvalue weighted by atomic mass is 10.4. The third-order valence-electron chi connectivity index (χ3n) is 1.78. The summed E-state index contributed by atoms with van der Waals surface area (Å²) in [6, 6.07) is 0. The van der Waals surface area contributed by atoms with Gasteiger partial charge in [-0.25, -0.2) is 9.97 Å². The first-order chi connectivity index (χ1) is 7.74. The van der Waals surface area contributed by atoms with Crippen LogP contribution in [0.4, 0.5) is 5.82 Å². The van der Waals surface area contributed by atoms with Crippen LogP contribution in [-0.4, -0.2) is 28.3 Å². The van der Waals surface area contributed by atoms with E-state index in [9.17, 15) is 4.79 Å². The fourth-order valence-corrected chi connectivity index (χ4v) is 1.62. The van der Waals surface area contributed by atoms with Crippen LogP contribution in [-0.2, 0) is 9.53 Å². The Bertz CT molecular complexity index is 347. The molecule has 0 unspecified atom stereocenters. The van der Waals surface area contributed by atoms with Crippen LogP contribution in [0.2, 0.25) is 0 Å². The molecule has 0 amide bonds. The lowest BCUT2D eigenvalue weighted by molar-refractivity contribution is -0.140. The first-order valence-corrected chi connectivity index (χ1v) is 6.07. The number of aromatic nitrogens is 2. The average molecular weight is 241 g/mol. The Balaban J connectivity index is 2.29. The number of nitrogens with two attached hydrogens (primary N) is 1. The van der Waals surface area contributed by atoms with Crippen molar-refractivity contribution in [3.05, 3.63) is 12.4 Å². The molecule has 16 heavy (non-hydrogen) atoms. The van der Waals surface area contributed by atoms with Crippen LogP contribution >= 0.6 is 11.8 Å². The number of esters is 1. The van der Waals surface area contributed by atoms with Crippen molar-refractivity contribution in [1.82, 2.24) is 9.97 Å². The van der Waals surface area contributed by atoms with Crippen LogP contribution < -0.4 is 5.73 Å². The molecule has 0 saturated carbocycles. The minimum Gasteiger partial charge on any atom is -0.465 e. The lowest BCUT2D eigenvalue weighted by Gasteiger charge is -2.04. The zero-order chi connectivity index (χ0) is 11.8. The predicted molar refractivity (Wildman–Crippen MR) is 63.0 cm³/mol. The molecule has 1 heterocycles. The van der Waals surface area contributed by atoms with Crippen LogP contribution in [0.15, 0.2) is 17.4 Å². The lowest BCUT2D eigenvalue weighted by Crippen LogP contribution is -2.09. The van der Waals surface area contributed by atoms with Gasteiger partial charge in [-0.1, -0.05) is 25.1 Å². The van der Waals surface area contributed by atoms with E-state index in [4.69, 9.17) is 10.5 Å². The Morgan fingerprint density at radius 1 is 1.50 bits per heavy atom. The van der Waals surface area contributed by atoms with E-state index in [2.05, 4.69) is 9.97 Å². The number of anilines is 1. The standard InChI is InChI=1S/C10H15N3O2S/c1-2-3-6-15-8(14)7-16-10-9(11)12-4-5-13-10/h4-5H,2-3,6-7H2,1H3,(H2,11,12). The van der Waals surface area contributed by atoms with E-state index in [1.807, 2.05) is 6.92 Å². The molecule has 0 aliphatic heterocycles. The van der Waals surface area contributed by atoms with Crippen molar-refractivity contribution in [2.75, 3.05) is 18.1 Å². The minimum atomic E-state index is -0.247. The minimum absolute atomic E-state index is 0.215. The van der Waals surface area contributed by atoms with Crippen molar-refractivity contribution >= 4 is 23.5 Å². The van der Waals surface area contributed by atoms with Gasteiger partial charge in [-0.15, -0.1) is 0 Å². The van der Waals surface area contributed by atoms with Crippen LogP contribution in [0.5, 0.6) is 0 Å². The first-order valence-electron chi connectivity index (χ1n) is 5.09. The summed E-state index contributed by atoms with van der Waals surface area (Å²) in [5.74, 6) is 0.310. The smallest absolute Gasteiger partial charge is 0.316 e. The second-order valence-corrected chi connectivity index (χ2v) is 4.07. The molecule has 0 saturated heterocycles. The van der Waals surface area contributed by atoms with Gasteiger partial charge < -0.3 is 10.5 Å². The van der Waals surface area contributed by atoms with Crippen LogP contribution in [0.3, 0.4) is 0 Å². The second kappa shape index (κ2) is 7.05. The van der Waals surface area contributed by atoms with Crippen LogP contribution in [0, 0.1) is 0 Å². The van der Waals surface area contributed by atoms with Gasteiger partial charge in [-0.3, -0.25) is 4.79 Å². The molecule has 1 rings (SSSR count). The zero-order valence-corrected chi connectivity index (χ0v) is 10.00. The number of ether oxygens (including phenoxy) is 1. The molecule has 0 fully saturated rings. The summed E-state index contributed by atoms with van der Waals surface area (Å²) >= 11 is 1.24. The van der Waals surface area contributed by atoms with E-state index in [0.29, 0.717) is 17.5 Å². The molecule has 0 aliphatic carbocycles. The van der Waals surface area contributed by atoms with Crippen molar-refractivity contribution < 1.29 is 9.53 Å². The zero-order valence-electron chi connectivity index (χ0n) is 9.18. The Morgan fingerprint density at radius 3 is 2.94 bits per heavy atom. The fourth-order valence-electron chi connectivity index (χ4n) is 0.947. The molecular formula is C10H15N3O2S. The molecular weight excluding hydrogens is 226 g/mol. The number of nitrogens with zero attached hydrogens (tertiary/aromatic N) is 2. The van der Waals surface area contributed by atoms with Crippen LogP contribution in [0.1, 0.15) is 19.8 Å². The van der Waals surface area contributed by atoms with Gasteiger partial charge in [-0.05, 0) is 6.42 Å². The summed E-state index contributed by atoms with van der Waals surface area (Å²) in [6.45, 7) is 2.52. The molecule has 0 aromatic carbocycles. The average Bonchev–Trinajstić information content (AvgIpc) is 2.28. The van der Waals surface area contributed by atoms with E-state index >= 15 is 0 Å². The summed E-state index contributed by atoms with van der Waals surface area (Å²) in [7, 11) is 0. The number of unbranched alkanes of at least 4 members (excludes halogenated alkanes) is 1. The van der Waals surface area contributed by atoms with E-state index < -0.39 is 0 Å². The van der Waals surface area contributed by atoms with E-state index in [1.54, 1.807) is 6.20 Å². The highest BCUT2D eigenvalue weighted by molar-refractivity contribution is 8.00. The fraction of sp³-hybridized carbons (Fsp3) is 0.500. The maximum Gasteiger partial charge on any atom is 0.316 e. The summed E-state index contributed by atoms with van der Waals surface area (Å²) in [4.78, 5) is 19.2. The Hall–Kier alpha value is -1.30. The van der Waals surface area contributed by atoms with Gasteiger partial charge >= 0.3 is 5.97 Å². The maximum atomic E-state index is 11.3. The number of thioether (sulfide) groups is 1. The van der Waals surface area contributed by atoms with Gasteiger partial charge in [0.05, 0.1) is 12.4 Å². The maximum absolute atomic E-state index is 11.3. The van der Waals surface area contributed by atoms with Crippen molar-refractivity contribution in [3.8, 4) is 0 Å². The van der Waals surface area contributed by atoms with Crippen molar-refractivity contribution in [2.45, 2.75) is 24.8 Å². The molecule has 1 aromatic rings. The molecule has 0 bridgehead atoms.